The maximum Gasteiger partial charge on any atom is 0.273 e. The summed E-state index contributed by atoms with van der Waals surface area (Å²) in [5.74, 6) is 1.19. The molecule has 4 rings (SSSR count). The minimum absolute atomic E-state index is 0.194. The number of nitrogens with zero attached hydrogens (tertiary/aromatic N) is 2. The van der Waals surface area contributed by atoms with E-state index >= 15 is 0 Å². The molecule has 0 aliphatic carbocycles. The summed E-state index contributed by atoms with van der Waals surface area (Å²) >= 11 is 0. The lowest BCUT2D eigenvalue weighted by Crippen LogP contribution is -2.24. The predicted octanol–water partition coefficient (Wildman–Crippen LogP) is 4.55. The van der Waals surface area contributed by atoms with Crippen molar-refractivity contribution in [1.82, 2.24) is 15.2 Å². The molecule has 7 nitrogen and oxygen atoms in total. The maximum atomic E-state index is 13.3. The van der Waals surface area contributed by atoms with Crippen LogP contribution >= 0.6 is 0 Å². The normalized spacial score (nSPS) is 11.0. The largest absolute Gasteiger partial charge is 0.497 e. The van der Waals surface area contributed by atoms with Gasteiger partial charge in [0.2, 0.25) is 5.89 Å². The first-order valence-electron chi connectivity index (χ1n) is 10.4. The zero-order valence-electron chi connectivity index (χ0n) is 18.2. The second-order valence-corrected chi connectivity index (χ2v) is 7.51. The van der Waals surface area contributed by atoms with Gasteiger partial charge in [-0.3, -0.25) is 9.69 Å². The van der Waals surface area contributed by atoms with Gasteiger partial charge in [-0.1, -0.05) is 24.3 Å². The molecule has 2 aromatic carbocycles. The number of nitrogens with one attached hydrogen (secondary N) is 1. The van der Waals surface area contributed by atoms with E-state index in [1.807, 2.05) is 24.3 Å². The lowest BCUT2D eigenvalue weighted by molar-refractivity contribution is 0.0943. The summed E-state index contributed by atoms with van der Waals surface area (Å²) < 4.78 is 29.4. The number of benzene rings is 2. The SMILES string of the molecule is COc1cccc(CN(Cc2ccc(F)cc2)Cc2nc(C(=O)NCc3ccco3)co2)c1. The van der Waals surface area contributed by atoms with Gasteiger partial charge < -0.3 is 18.9 Å². The number of amides is 1. The Morgan fingerprint density at radius 2 is 1.85 bits per heavy atom. The van der Waals surface area contributed by atoms with E-state index in [9.17, 15) is 9.18 Å². The lowest BCUT2D eigenvalue weighted by Gasteiger charge is -2.21. The number of oxazole rings is 1. The molecule has 170 valence electrons. The molecule has 0 atom stereocenters. The van der Waals surface area contributed by atoms with Gasteiger partial charge in [-0.25, -0.2) is 9.37 Å². The third-order valence-electron chi connectivity index (χ3n) is 5.01. The fourth-order valence-corrected chi connectivity index (χ4v) is 3.39. The molecular formula is C25H24FN3O4. The number of halogens is 1. The van der Waals surface area contributed by atoms with Crippen LogP contribution in [0.15, 0.2) is 82.0 Å². The van der Waals surface area contributed by atoms with E-state index in [-0.39, 0.29) is 24.0 Å². The summed E-state index contributed by atoms with van der Waals surface area (Å²) in [5.41, 5.74) is 2.18. The molecule has 4 aromatic rings. The Bertz CT molecular complexity index is 1170. The molecule has 0 bridgehead atoms. The van der Waals surface area contributed by atoms with Crippen LogP contribution in [0.4, 0.5) is 4.39 Å². The van der Waals surface area contributed by atoms with Crippen molar-refractivity contribution in [3.05, 3.63) is 107 Å². The molecule has 0 saturated carbocycles. The molecule has 2 aromatic heterocycles. The second kappa shape index (κ2) is 10.6. The monoisotopic (exact) mass is 449 g/mol. The Morgan fingerprint density at radius 3 is 2.61 bits per heavy atom. The highest BCUT2D eigenvalue weighted by molar-refractivity contribution is 5.91. The van der Waals surface area contributed by atoms with Gasteiger partial charge in [0.25, 0.3) is 5.91 Å². The number of furan rings is 1. The zero-order valence-corrected chi connectivity index (χ0v) is 18.2. The Morgan fingerprint density at radius 1 is 1.03 bits per heavy atom. The Labute approximate surface area is 190 Å². The van der Waals surface area contributed by atoms with Crippen LogP contribution in [-0.2, 0) is 26.2 Å². The number of aromatic nitrogens is 1. The number of hydrogen-bond donors (Lipinski definition) is 1. The van der Waals surface area contributed by atoms with Crippen molar-refractivity contribution >= 4 is 5.91 Å². The highest BCUT2D eigenvalue weighted by Gasteiger charge is 2.16. The summed E-state index contributed by atoms with van der Waals surface area (Å²) in [7, 11) is 1.63. The number of methoxy groups -OCH3 is 1. The average molecular weight is 449 g/mol. The Kier molecular flexibility index (Phi) is 7.16. The van der Waals surface area contributed by atoms with Crippen molar-refractivity contribution in [3.8, 4) is 5.75 Å². The average Bonchev–Trinajstić information content (AvgIpc) is 3.51. The molecule has 1 N–H and O–H groups in total. The van der Waals surface area contributed by atoms with Crippen molar-refractivity contribution in [2.75, 3.05) is 7.11 Å². The van der Waals surface area contributed by atoms with Crippen molar-refractivity contribution in [2.24, 2.45) is 0 Å². The number of carbonyl (C=O) groups excluding carboxylic acids is 1. The molecule has 2 heterocycles. The van der Waals surface area contributed by atoms with Gasteiger partial charge in [-0.15, -0.1) is 0 Å². The number of carbonyl (C=O) groups is 1. The first-order chi connectivity index (χ1) is 16.1. The molecule has 33 heavy (non-hydrogen) atoms. The molecule has 0 aliphatic heterocycles. The fourth-order valence-electron chi connectivity index (χ4n) is 3.39. The van der Waals surface area contributed by atoms with Crippen LogP contribution < -0.4 is 10.1 Å². The molecule has 8 heteroatoms. The Balaban J connectivity index is 1.45. The standard InChI is InChI=1S/C25H24FN3O4/c1-31-21-5-2-4-19(12-21)15-29(14-18-7-9-20(26)10-8-18)16-24-28-23(17-33-24)25(30)27-13-22-6-3-11-32-22/h2-12,17H,13-16H2,1H3,(H,27,30). The molecule has 0 aliphatic rings. The van der Waals surface area contributed by atoms with Gasteiger partial charge >= 0.3 is 0 Å². The van der Waals surface area contributed by atoms with Crippen LogP contribution in [0.5, 0.6) is 5.75 Å². The van der Waals surface area contributed by atoms with Gasteiger partial charge in [0.15, 0.2) is 5.69 Å². The molecule has 0 radical (unpaired) electrons. The van der Waals surface area contributed by atoms with E-state index in [2.05, 4.69) is 15.2 Å². The summed E-state index contributed by atoms with van der Waals surface area (Å²) in [6.45, 7) is 1.75. The smallest absolute Gasteiger partial charge is 0.273 e. The number of rotatable bonds is 10. The van der Waals surface area contributed by atoms with Crippen LogP contribution in [0.3, 0.4) is 0 Å². The summed E-state index contributed by atoms with van der Waals surface area (Å²) in [4.78, 5) is 18.8. The molecular weight excluding hydrogens is 425 g/mol. The van der Waals surface area contributed by atoms with Gasteiger partial charge in [-0.05, 0) is 47.5 Å². The summed E-state index contributed by atoms with van der Waals surface area (Å²) in [6, 6.07) is 17.7. The van der Waals surface area contributed by atoms with Crippen LogP contribution in [0, 0.1) is 5.82 Å². The lowest BCUT2D eigenvalue weighted by atomic mass is 10.1. The van der Waals surface area contributed by atoms with Crippen molar-refractivity contribution in [3.63, 3.8) is 0 Å². The van der Waals surface area contributed by atoms with Crippen LogP contribution in [-0.4, -0.2) is 22.9 Å². The van der Waals surface area contributed by atoms with Crippen molar-refractivity contribution < 1.29 is 22.8 Å². The molecule has 0 spiro atoms. The Hall–Kier alpha value is -3.91. The van der Waals surface area contributed by atoms with Crippen molar-refractivity contribution in [1.29, 1.82) is 0 Å². The maximum absolute atomic E-state index is 13.3. The number of ether oxygens (including phenoxy) is 1. The van der Waals surface area contributed by atoms with Crippen LogP contribution in [0.25, 0.3) is 0 Å². The van der Waals surface area contributed by atoms with Gasteiger partial charge in [0, 0.05) is 13.1 Å². The van der Waals surface area contributed by atoms with E-state index in [1.165, 1.54) is 18.4 Å². The van der Waals surface area contributed by atoms with Crippen LogP contribution in [0.2, 0.25) is 0 Å². The first kappa shape index (κ1) is 22.3. The van der Waals surface area contributed by atoms with Gasteiger partial charge in [-0.2, -0.15) is 0 Å². The molecule has 0 fully saturated rings. The quantitative estimate of drug-likeness (QED) is 0.383. The predicted molar refractivity (Wildman–Crippen MR) is 119 cm³/mol. The van der Waals surface area contributed by atoms with E-state index < -0.39 is 0 Å². The van der Waals surface area contributed by atoms with E-state index in [4.69, 9.17) is 13.6 Å². The molecule has 1 amide bonds. The minimum atomic E-state index is -0.348. The number of hydrogen-bond acceptors (Lipinski definition) is 6. The van der Waals surface area contributed by atoms with E-state index in [1.54, 1.807) is 37.6 Å². The second-order valence-electron chi connectivity index (χ2n) is 7.51. The minimum Gasteiger partial charge on any atom is -0.497 e. The van der Waals surface area contributed by atoms with E-state index in [0.717, 1.165) is 16.9 Å². The van der Waals surface area contributed by atoms with Crippen LogP contribution in [0.1, 0.15) is 33.3 Å². The van der Waals surface area contributed by atoms with Gasteiger partial charge in [0.1, 0.15) is 23.6 Å². The third kappa shape index (κ3) is 6.30. The summed E-state index contributed by atoms with van der Waals surface area (Å²) in [5, 5.41) is 2.75. The molecule has 0 unspecified atom stereocenters. The topological polar surface area (TPSA) is 80.7 Å². The third-order valence-corrected chi connectivity index (χ3v) is 5.01. The zero-order chi connectivity index (χ0) is 23.0. The first-order valence-corrected chi connectivity index (χ1v) is 10.4. The van der Waals surface area contributed by atoms with Gasteiger partial charge in [0.05, 0.1) is 26.5 Å². The van der Waals surface area contributed by atoms with E-state index in [0.29, 0.717) is 31.3 Å². The molecule has 0 saturated heterocycles. The highest BCUT2D eigenvalue weighted by Crippen LogP contribution is 2.18. The highest BCUT2D eigenvalue weighted by atomic mass is 19.1. The summed E-state index contributed by atoms with van der Waals surface area (Å²) in [6.07, 6.45) is 2.89. The fraction of sp³-hybridized carbons (Fsp3) is 0.200. The van der Waals surface area contributed by atoms with Crippen molar-refractivity contribution in [2.45, 2.75) is 26.2 Å².